The van der Waals surface area contributed by atoms with Crippen LogP contribution in [0.15, 0.2) is 12.3 Å². The molecule has 1 rings (SSSR count). The lowest BCUT2D eigenvalue weighted by Crippen LogP contribution is -2.34. The lowest BCUT2D eigenvalue weighted by molar-refractivity contribution is 0.580. The van der Waals surface area contributed by atoms with Crippen molar-refractivity contribution in [2.75, 3.05) is 11.3 Å². The van der Waals surface area contributed by atoms with Gasteiger partial charge in [-0.3, -0.25) is 9.40 Å². The molecule has 6 nitrogen and oxygen atoms in total. The van der Waals surface area contributed by atoms with E-state index in [1.807, 2.05) is 0 Å². The van der Waals surface area contributed by atoms with E-state index in [4.69, 9.17) is 5.73 Å². The fraction of sp³-hybridized carbons (Fsp3) is 0.625. The Kier molecular flexibility index (Phi) is 3.70. The van der Waals surface area contributed by atoms with Gasteiger partial charge in [-0.25, -0.2) is 8.42 Å². The second kappa shape index (κ2) is 4.63. The van der Waals surface area contributed by atoms with Gasteiger partial charge in [-0.2, -0.15) is 5.10 Å². The van der Waals surface area contributed by atoms with Crippen molar-refractivity contribution >= 4 is 15.8 Å². The van der Waals surface area contributed by atoms with Crippen LogP contribution in [0.25, 0.3) is 0 Å². The first-order valence-corrected chi connectivity index (χ1v) is 6.25. The van der Waals surface area contributed by atoms with Gasteiger partial charge in [0.1, 0.15) is 5.82 Å². The van der Waals surface area contributed by atoms with E-state index < -0.39 is 15.3 Å². The van der Waals surface area contributed by atoms with E-state index in [0.717, 1.165) is 0 Å². The zero-order valence-corrected chi connectivity index (χ0v) is 9.66. The maximum Gasteiger partial charge on any atom is 0.237 e. The molecule has 86 valence electrons. The molecule has 1 atom stereocenters. The molecule has 0 aliphatic carbocycles. The highest BCUT2D eigenvalue weighted by Gasteiger charge is 2.22. The second-order valence-electron chi connectivity index (χ2n) is 3.25. The topological polar surface area (TPSA) is 90.0 Å². The molecular formula is C8H16N4O2S. The molecule has 0 amide bonds. The van der Waals surface area contributed by atoms with E-state index in [-0.39, 0.29) is 6.54 Å². The average molecular weight is 232 g/mol. The van der Waals surface area contributed by atoms with Crippen molar-refractivity contribution in [3.63, 3.8) is 0 Å². The van der Waals surface area contributed by atoms with Gasteiger partial charge in [0, 0.05) is 19.7 Å². The number of hydrogen-bond donors (Lipinski definition) is 2. The Labute approximate surface area is 89.5 Å². The Hall–Kier alpha value is -1.08. The standard InChI is InChI=1S/C8H16N4O2S/c1-3-7(6-9)15(13,14)11-8-4-5-10-12(8)2/h4-5,7,11H,3,6,9H2,1-2H3. The van der Waals surface area contributed by atoms with E-state index in [9.17, 15) is 8.42 Å². The SMILES string of the molecule is CCC(CN)S(=O)(=O)Nc1ccnn1C. The molecular weight excluding hydrogens is 216 g/mol. The molecule has 0 saturated carbocycles. The maximum atomic E-state index is 11.8. The predicted octanol–water partition coefficient (Wildman–Crippen LogP) is -0.101. The maximum absolute atomic E-state index is 11.8. The summed E-state index contributed by atoms with van der Waals surface area (Å²) < 4.78 is 27.5. The first-order valence-electron chi connectivity index (χ1n) is 4.71. The highest BCUT2D eigenvalue weighted by Crippen LogP contribution is 2.11. The molecule has 1 aromatic rings. The third kappa shape index (κ3) is 2.69. The van der Waals surface area contributed by atoms with Gasteiger partial charge in [0.25, 0.3) is 0 Å². The number of nitrogens with one attached hydrogen (secondary N) is 1. The molecule has 0 bridgehead atoms. The number of anilines is 1. The Morgan fingerprint density at radius 1 is 1.67 bits per heavy atom. The quantitative estimate of drug-likeness (QED) is 0.741. The summed E-state index contributed by atoms with van der Waals surface area (Å²) in [5.41, 5.74) is 5.39. The lowest BCUT2D eigenvalue weighted by Gasteiger charge is -2.15. The number of aromatic nitrogens is 2. The van der Waals surface area contributed by atoms with Crippen LogP contribution in [0.1, 0.15) is 13.3 Å². The summed E-state index contributed by atoms with van der Waals surface area (Å²) in [5, 5.41) is 3.31. The normalized spacial score (nSPS) is 13.8. The molecule has 15 heavy (non-hydrogen) atoms. The minimum atomic E-state index is -3.40. The van der Waals surface area contributed by atoms with Crippen molar-refractivity contribution in [3.05, 3.63) is 12.3 Å². The number of rotatable bonds is 5. The number of aryl methyl sites for hydroxylation is 1. The molecule has 1 heterocycles. The van der Waals surface area contributed by atoms with E-state index in [0.29, 0.717) is 12.2 Å². The summed E-state index contributed by atoms with van der Waals surface area (Å²) >= 11 is 0. The molecule has 0 aliphatic rings. The largest absolute Gasteiger partial charge is 0.329 e. The van der Waals surface area contributed by atoms with Crippen molar-refractivity contribution in [3.8, 4) is 0 Å². The van der Waals surface area contributed by atoms with Gasteiger partial charge in [-0.1, -0.05) is 6.92 Å². The molecule has 7 heteroatoms. The summed E-state index contributed by atoms with van der Waals surface area (Å²) in [6.07, 6.45) is 2.02. The minimum absolute atomic E-state index is 0.115. The van der Waals surface area contributed by atoms with Gasteiger partial charge >= 0.3 is 0 Å². The summed E-state index contributed by atoms with van der Waals surface area (Å²) in [6.45, 7) is 1.91. The van der Waals surface area contributed by atoms with Crippen molar-refractivity contribution in [1.82, 2.24) is 9.78 Å². The van der Waals surface area contributed by atoms with Crippen molar-refractivity contribution < 1.29 is 8.42 Å². The number of nitrogens with zero attached hydrogens (tertiary/aromatic N) is 2. The average Bonchev–Trinajstić information content (AvgIpc) is 2.52. The molecule has 3 N–H and O–H groups in total. The lowest BCUT2D eigenvalue weighted by atomic mass is 10.3. The Morgan fingerprint density at radius 2 is 2.33 bits per heavy atom. The first kappa shape index (κ1) is 12.0. The molecule has 1 unspecified atom stereocenters. The molecule has 1 aromatic heterocycles. The highest BCUT2D eigenvalue weighted by atomic mass is 32.2. The van der Waals surface area contributed by atoms with Gasteiger partial charge in [0.05, 0.1) is 11.4 Å². The Balaban J connectivity index is 2.86. The van der Waals surface area contributed by atoms with Gasteiger partial charge in [0.15, 0.2) is 0 Å². The monoisotopic (exact) mass is 232 g/mol. The van der Waals surface area contributed by atoms with Crippen LogP contribution >= 0.6 is 0 Å². The summed E-state index contributed by atoms with van der Waals surface area (Å²) in [6, 6.07) is 1.60. The van der Waals surface area contributed by atoms with Gasteiger partial charge in [-0.05, 0) is 6.42 Å². The van der Waals surface area contributed by atoms with E-state index >= 15 is 0 Å². The van der Waals surface area contributed by atoms with E-state index in [1.54, 1.807) is 20.0 Å². The Morgan fingerprint density at radius 3 is 2.73 bits per heavy atom. The fourth-order valence-corrected chi connectivity index (χ4v) is 2.57. The van der Waals surface area contributed by atoms with Crippen LogP contribution in [0.3, 0.4) is 0 Å². The number of sulfonamides is 1. The van der Waals surface area contributed by atoms with Crippen LogP contribution < -0.4 is 10.5 Å². The smallest absolute Gasteiger partial charge is 0.237 e. The van der Waals surface area contributed by atoms with Crippen LogP contribution in [0.2, 0.25) is 0 Å². The van der Waals surface area contributed by atoms with E-state index in [1.165, 1.54) is 10.9 Å². The Bertz CT molecular complexity index is 408. The summed E-state index contributed by atoms with van der Waals surface area (Å²) in [5.74, 6) is 0.446. The predicted molar refractivity (Wildman–Crippen MR) is 58.9 cm³/mol. The number of nitrogens with two attached hydrogens (primary N) is 1. The number of hydrogen-bond acceptors (Lipinski definition) is 4. The molecule has 0 fully saturated rings. The summed E-state index contributed by atoms with van der Waals surface area (Å²) in [4.78, 5) is 0. The van der Waals surface area contributed by atoms with Crippen LogP contribution in [0, 0.1) is 0 Å². The fourth-order valence-electron chi connectivity index (χ4n) is 1.22. The molecule has 0 spiro atoms. The minimum Gasteiger partial charge on any atom is -0.329 e. The van der Waals surface area contributed by atoms with Crippen LogP contribution in [-0.2, 0) is 17.1 Å². The van der Waals surface area contributed by atoms with Crippen molar-refractivity contribution in [2.24, 2.45) is 12.8 Å². The van der Waals surface area contributed by atoms with Gasteiger partial charge in [0.2, 0.25) is 10.0 Å². The first-order chi connectivity index (χ1) is 7.01. The van der Waals surface area contributed by atoms with E-state index in [2.05, 4.69) is 9.82 Å². The highest BCUT2D eigenvalue weighted by molar-refractivity contribution is 7.93. The summed E-state index contributed by atoms with van der Waals surface area (Å²) in [7, 11) is -1.74. The van der Waals surface area contributed by atoms with Gasteiger partial charge in [-0.15, -0.1) is 0 Å². The third-order valence-electron chi connectivity index (χ3n) is 2.22. The van der Waals surface area contributed by atoms with Crippen LogP contribution in [0.5, 0.6) is 0 Å². The van der Waals surface area contributed by atoms with Crippen LogP contribution in [-0.4, -0.2) is 30.0 Å². The molecule has 0 radical (unpaired) electrons. The van der Waals surface area contributed by atoms with Gasteiger partial charge < -0.3 is 5.73 Å². The third-order valence-corrected chi connectivity index (χ3v) is 4.12. The van der Waals surface area contributed by atoms with Crippen LogP contribution in [0.4, 0.5) is 5.82 Å². The zero-order chi connectivity index (χ0) is 11.5. The van der Waals surface area contributed by atoms with Crippen molar-refractivity contribution in [1.29, 1.82) is 0 Å². The van der Waals surface area contributed by atoms with Crippen molar-refractivity contribution in [2.45, 2.75) is 18.6 Å². The zero-order valence-electron chi connectivity index (χ0n) is 8.84. The second-order valence-corrected chi connectivity index (χ2v) is 5.21. The molecule has 0 aromatic carbocycles. The molecule has 0 aliphatic heterocycles. The molecule has 0 saturated heterocycles.